The molecule has 0 aliphatic carbocycles. The van der Waals surface area contributed by atoms with E-state index in [0.717, 1.165) is 12.1 Å². The van der Waals surface area contributed by atoms with Gasteiger partial charge in [0, 0.05) is 13.7 Å². The molecule has 0 atom stereocenters. The molecule has 0 bridgehead atoms. The number of hydrogen-bond donors (Lipinski definition) is 0. The van der Waals surface area contributed by atoms with E-state index in [1.807, 2.05) is 0 Å². The van der Waals surface area contributed by atoms with E-state index in [0.29, 0.717) is 24.3 Å². The van der Waals surface area contributed by atoms with Gasteiger partial charge in [-0.25, -0.2) is 13.2 Å². The molecule has 1 heterocycles. The largest absolute Gasteiger partial charge is 0.383 e. The van der Waals surface area contributed by atoms with E-state index in [2.05, 4.69) is 26.1 Å². The Morgan fingerprint density at radius 2 is 1.95 bits per heavy atom. The first-order valence-corrected chi connectivity index (χ1v) is 6.83. The number of aromatic nitrogens is 3. The molecule has 0 saturated heterocycles. The van der Waals surface area contributed by atoms with E-state index >= 15 is 0 Å². The van der Waals surface area contributed by atoms with Crippen molar-refractivity contribution in [2.45, 2.75) is 11.9 Å². The molecule has 2 aromatic rings. The highest BCUT2D eigenvalue weighted by Gasteiger charge is 2.20. The van der Waals surface area contributed by atoms with E-state index < -0.39 is 17.5 Å². The predicted octanol–water partition coefficient (Wildman–Crippen LogP) is 2.90. The molecule has 0 aliphatic rings. The summed E-state index contributed by atoms with van der Waals surface area (Å²) >= 11 is 3.24. The minimum Gasteiger partial charge on any atom is -0.383 e. The molecule has 4 nitrogen and oxygen atoms in total. The predicted molar refractivity (Wildman–Crippen MR) is 69.8 cm³/mol. The fourth-order valence-corrected chi connectivity index (χ4v) is 2.16. The molecule has 0 spiro atoms. The summed E-state index contributed by atoms with van der Waals surface area (Å²) in [6.07, 6.45) is 0. The van der Waals surface area contributed by atoms with E-state index in [9.17, 15) is 13.2 Å². The summed E-state index contributed by atoms with van der Waals surface area (Å²) in [6.45, 7) is 0.731. The van der Waals surface area contributed by atoms with Crippen molar-refractivity contribution in [2.75, 3.05) is 13.7 Å². The summed E-state index contributed by atoms with van der Waals surface area (Å²) in [5.74, 6) is -3.37. The van der Waals surface area contributed by atoms with Crippen LogP contribution in [0.1, 0.15) is 5.82 Å². The molecular formula is C12H11BrF3N3O. The average molecular weight is 350 g/mol. The molecule has 20 heavy (non-hydrogen) atoms. The Morgan fingerprint density at radius 3 is 2.60 bits per heavy atom. The van der Waals surface area contributed by atoms with Crippen LogP contribution in [0.2, 0.25) is 0 Å². The van der Waals surface area contributed by atoms with E-state index in [1.54, 1.807) is 4.57 Å². The maximum Gasteiger partial charge on any atom is 0.195 e. The van der Waals surface area contributed by atoms with Crippen LogP contribution in [0.25, 0.3) is 11.4 Å². The quantitative estimate of drug-likeness (QED) is 0.615. The van der Waals surface area contributed by atoms with E-state index in [-0.39, 0.29) is 11.4 Å². The number of hydrogen-bond acceptors (Lipinski definition) is 3. The van der Waals surface area contributed by atoms with Crippen LogP contribution >= 0.6 is 15.9 Å². The first kappa shape index (κ1) is 15.0. The lowest BCUT2D eigenvalue weighted by Crippen LogP contribution is -2.10. The van der Waals surface area contributed by atoms with Crippen LogP contribution in [0.3, 0.4) is 0 Å². The van der Waals surface area contributed by atoms with Crippen LogP contribution in [0.4, 0.5) is 13.2 Å². The lowest BCUT2D eigenvalue weighted by atomic mass is 10.2. The highest BCUT2D eigenvalue weighted by molar-refractivity contribution is 9.08. The number of alkyl halides is 1. The fraction of sp³-hybridized carbons (Fsp3) is 0.333. The maximum atomic E-state index is 13.8. The Bertz CT molecular complexity index is 618. The van der Waals surface area contributed by atoms with Crippen LogP contribution in [-0.2, 0) is 16.6 Å². The zero-order valence-corrected chi connectivity index (χ0v) is 12.1. The Hall–Kier alpha value is -1.41. The van der Waals surface area contributed by atoms with Gasteiger partial charge in [-0.3, -0.25) is 0 Å². The van der Waals surface area contributed by atoms with Gasteiger partial charge in [-0.05, 0) is 12.1 Å². The molecule has 0 N–H and O–H groups in total. The molecule has 0 aliphatic heterocycles. The third-order valence-corrected chi connectivity index (χ3v) is 3.24. The third kappa shape index (κ3) is 2.71. The molecule has 1 aromatic carbocycles. The molecule has 2 rings (SSSR count). The normalized spacial score (nSPS) is 11.1. The van der Waals surface area contributed by atoms with Crippen LogP contribution in [-0.4, -0.2) is 28.5 Å². The van der Waals surface area contributed by atoms with Crippen LogP contribution in [0.5, 0.6) is 0 Å². The van der Waals surface area contributed by atoms with Crippen molar-refractivity contribution < 1.29 is 17.9 Å². The molecule has 0 radical (unpaired) electrons. The van der Waals surface area contributed by atoms with Crippen LogP contribution in [0.15, 0.2) is 12.1 Å². The zero-order valence-electron chi connectivity index (χ0n) is 10.5. The number of rotatable bonds is 5. The maximum absolute atomic E-state index is 13.8. The molecule has 0 saturated carbocycles. The summed E-state index contributed by atoms with van der Waals surface area (Å²) in [6, 6.07) is 2.00. The Balaban J connectivity index is 2.52. The van der Waals surface area contributed by atoms with Gasteiger partial charge in [0.15, 0.2) is 23.3 Å². The SMILES string of the molecule is COCCn1c(CBr)nnc1-c1ccc(F)c(F)c1F. The van der Waals surface area contributed by atoms with Crippen LogP contribution < -0.4 is 0 Å². The number of benzene rings is 1. The summed E-state index contributed by atoms with van der Waals surface area (Å²) in [5.41, 5.74) is -0.139. The van der Waals surface area contributed by atoms with Crippen molar-refractivity contribution in [3.63, 3.8) is 0 Å². The number of nitrogens with zero attached hydrogens (tertiary/aromatic N) is 3. The topological polar surface area (TPSA) is 39.9 Å². The van der Waals surface area contributed by atoms with Gasteiger partial charge in [-0.2, -0.15) is 0 Å². The Labute approximate surface area is 121 Å². The van der Waals surface area contributed by atoms with Crippen molar-refractivity contribution in [2.24, 2.45) is 0 Å². The van der Waals surface area contributed by atoms with E-state index in [1.165, 1.54) is 7.11 Å². The van der Waals surface area contributed by atoms with Gasteiger partial charge in [0.2, 0.25) is 0 Å². The first-order valence-electron chi connectivity index (χ1n) is 5.71. The lowest BCUT2D eigenvalue weighted by molar-refractivity contribution is 0.187. The molecule has 0 amide bonds. The van der Waals surface area contributed by atoms with Gasteiger partial charge in [0.25, 0.3) is 0 Å². The van der Waals surface area contributed by atoms with Gasteiger partial charge in [-0.1, -0.05) is 15.9 Å². The Kier molecular flexibility index (Phi) is 4.77. The van der Waals surface area contributed by atoms with Gasteiger partial charge in [0.05, 0.1) is 17.5 Å². The highest BCUT2D eigenvalue weighted by atomic mass is 79.9. The standard InChI is InChI=1S/C12H11BrF3N3O/c1-20-5-4-19-9(6-13)17-18-12(19)7-2-3-8(14)11(16)10(7)15/h2-3H,4-6H2,1H3. The summed E-state index contributed by atoms with van der Waals surface area (Å²) in [4.78, 5) is 0. The lowest BCUT2D eigenvalue weighted by Gasteiger charge is -2.09. The molecule has 1 aromatic heterocycles. The summed E-state index contributed by atoms with van der Waals surface area (Å²) in [7, 11) is 1.52. The minimum atomic E-state index is -1.52. The third-order valence-electron chi connectivity index (χ3n) is 2.74. The smallest absolute Gasteiger partial charge is 0.195 e. The summed E-state index contributed by atoms with van der Waals surface area (Å²) < 4.78 is 46.6. The van der Waals surface area contributed by atoms with E-state index in [4.69, 9.17) is 4.74 Å². The van der Waals surface area contributed by atoms with Crippen molar-refractivity contribution in [1.82, 2.24) is 14.8 Å². The second-order valence-corrected chi connectivity index (χ2v) is 4.50. The van der Waals surface area contributed by atoms with Crippen molar-refractivity contribution >= 4 is 15.9 Å². The molecular weight excluding hydrogens is 339 g/mol. The monoisotopic (exact) mass is 349 g/mol. The van der Waals surface area contributed by atoms with Crippen LogP contribution in [0, 0.1) is 17.5 Å². The molecule has 0 fully saturated rings. The first-order chi connectivity index (χ1) is 9.60. The zero-order chi connectivity index (χ0) is 14.7. The molecule has 8 heteroatoms. The Morgan fingerprint density at radius 1 is 1.20 bits per heavy atom. The van der Waals surface area contributed by atoms with Gasteiger partial charge >= 0.3 is 0 Å². The second kappa shape index (κ2) is 6.36. The number of ether oxygens (including phenoxy) is 1. The summed E-state index contributed by atoms with van der Waals surface area (Å²) in [5, 5.41) is 8.12. The minimum absolute atomic E-state index is 0.132. The number of methoxy groups -OCH3 is 1. The second-order valence-electron chi connectivity index (χ2n) is 3.94. The van der Waals surface area contributed by atoms with Gasteiger partial charge in [-0.15, -0.1) is 10.2 Å². The average Bonchev–Trinajstić information content (AvgIpc) is 2.85. The van der Waals surface area contributed by atoms with Crippen molar-refractivity contribution in [3.8, 4) is 11.4 Å². The highest BCUT2D eigenvalue weighted by Crippen LogP contribution is 2.25. The van der Waals surface area contributed by atoms with Gasteiger partial charge in [0.1, 0.15) is 5.82 Å². The van der Waals surface area contributed by atoms with Crippen molar-refractivity contribution in [1.29, 1.82) is 0 Å². The van der Waals surface area contributed by atoms with Crippen molar-refractivity contribution in [3.05, 3.63) is 35.4 Å². The fourth-order valence-electron chi connectivity index (χ4n) is 1.75. The molecule has 108 valence electrons. The number of halogens is 4. The molecule has 0 unspecified atom stereocenters. The van der Waals surface area contributed by atoms with Gasteiger partial charge < -0.3 is 9.30 Å².